The average molecular weight is 441 g/mol. The summed E-state index contributed by atoms with van der Waals surface area (Å²) in [6, 6.07) is 10.8. The SMILES string of the molecule is O=C1Cn2cnc(NC(=O)c3csc4ccccc34)c2C(c2cc(F)ccc2Cl)N1. The molecule has 2 aromatic heterocycles. The summed E-state index contributed by atoms with van der Waals surface area (Å²) in [6.07, 6.45) is 1.48. The summed E-state index contributed by atoms with van der Waals surface area (Å²) in [6.45, 7) is 0.0447. The van der Waals surface area contributed by atoms with Crippen molar-refractivity contribution in [2.75, 3.05) is 5.32 Å². The third-order valence-corrected chi connectivity index (χ3v) is 6.31. The van der Waals surface area contributed by atoms with Crippen LogP contribution in [0.2, 0.25) is 5.02 Å². The Kier molecular flexibility index (Phi) is 4.52. The molecule has 1 aliphatic rings. The lowest BCUT2D eigenvalue weighted by Crippen LogP contribution is -2.39. The number of imidazole rings is 1. The maximum Gasteiger partial charge on any atom is 0.258 e. The second-order valence-electron chi connectivity index (χ2n) is 6.87. The standard InChI is InChI=1S/C21H14ClFN4O2S/c22-15-6-5-11(23)7-13(15)18-19-20(24-10-27(19)8-17(28)25-18)26-21(29)14-9-30-16-4-2-1-3-12(14)16/h1-7,9-10,18H,8H2,(H,25,28)(H,26,29). The van der Waals surface area contributed by atoms with Crippen LogP contribution >= 0.6 is 22.9 Å². The number of anilines is 1. The van der Waals surface area contributed by atoms with Crippen LogP contribution in [0, 0.1) is 5.82 Å². The average Bonchev–Trinajstić information content (AvgIpc) is 3.33. The number of nitrogens with zero attached hydrogens (tertiary/aromatic N) is 2. The molecule has 0 aliphatic carbocycles. The van der Waals surface area contributed by atoms with E-state index >= 15 is 0 Å². The molecule has 30 heavy (non-hydrogen) atoms. The van der Waals surface area contributed by atoms with Crippen molar-refractivity contribution in [2.24, 2.45) is 0 Å². The number of nitrogens with one attached hydrogen (secondary N) is 2. The van der Waals surface area contributed by atoms with Crippen LogP contribution in [-0.4, -0.2) is 21.4 Å². The van der Waals surface area contributed by atoms with E-state index < -0.39 is 11.9 Å². The smallest absolute Gasteiger partial charge is 0.258 e. The van der Waals surface area contributed by atoms with Gasteiger partial charge in [0.25, 0.3) is 5.91 Å². The van der Waals surface area contributed by atoms with Gasteiger partial charge in [0.1, 0.15) is 12.4 Å². The molecule has 6 nitrogen and oxygen atoms in total. The van der Waals surface area contributed by atoms with Crippen LogP contribution in [0.1, 0.15) is 27.7 Å². The highest BCUT2D eigenvalue weighted by Gasteiger charge is 2.32. The van der Waals surface area contributed by atoms with Gasteiger partial charge in [0.05, 0.1) is 23.6 Å². The Bertz CT molecular complexity index is 1320. The van der Waals surface area contributed by atoms with E-state index in [1.54, 1.807) is 9.95 Å². The summed E-state index contributed by atoms with van der Waals surface area (Å²) in [4.78, 5) is 29.5. The van der Waals surface area contributed by atoms with Gasteiger partial charge in [0.2, 0.25) is 5.91 Å². The van der Waals surface area contributed by atoms with Crippen molar-refractivity contribution in [2.45, 2.75) is 12.6 Å². The van der Waals surface area contributed by atoms with Gasteiger partial charge < -0.3 is 15.2 Å². The van der Waals surface area contributed by atoms with Crippen molar-refractivity contribution in [3.63, 3.8) is 0 Å². The molecule has 3 heterocycles. The second kappa shape index (κ2) is 7.23. The van der Waals surface area contributed by atoms with Crippen LogP contribution in [0.3, 0.4) is 0 Å². The van der Waals surface area contributed by atoms with Crippen LogP contribution in [0.25, 0.3) is 10.1 Å². The van der Waals surface area contributed by atoms with Crippen molar-refractivity contribution < 1.29 is 14.0 Å². The molecule has 2 N–H and O–H groups in total. The quantitative estimate of drug-likeness (QED) is 0.497. The summed E-state index contributed by atoms with van der Waals surface area (Å²) in [5.41, 5.74) is 1.47. The molecule has 2 amide bonds. The third-order valence-electron chi connectivity index (χ3n) is 5.00. The molecule has 0 radical (unpaired) electrons. The van der Waals surface area contributed by atoms with Crippen molar-refractivity contribution in [3.8, 4) is 0 Å². The fraction of sp³-hybridized carbons (Fsp3) is 0.0952. The Hall–Kier alpha value is -3.23. The summed E-state index contributed by atoms with van der Waals surface area (Å²) in [7, 11) is 0. The van der Waals surface area contributed by atoms with E-state index in [1.807, 2.05) is 24.3 Å². The largest absolute Gasteiger partial charge is 0.342 e. The number of amides is 2. The minimum Gasteiger partial charge on any atom is -0.342 e. The number of fused-ring (bicyclic) bond motifs is 2. The minimum atomic E-state index is -0.744. The number of benzene rings is 2. The Balaban J connectivity index is 1.55. The number of halogens is 2. The van der Waals surface area contributed by atoms with E-state index in [0.717, 1.165) is 10.1 Å². The number of hydrogen-bond acceptors (Lipinski definition) is 4. The molecular formula is C21H14ClFN4O2S. The molecule has 0 bridgehead atoms. The third kappa shape index (κ3) is 3.14. The van der Waals surface area contributed by atoms with Crippen LogP contribution in [0.15, 0.2) is 54.2 Å². The van der Waals surface area contributed by atoms with Crippen molar-refractivity contribution in [1.82, 2.24) is 14.9 Å². The van der Waals surface area contributed by atoms with Gasteiger partial charge in [0.15, 0.2) is 5.82 Å². The van der Waals surface area contributed by atoms with Crippen LogP contribution in [-0.2, 0) is 11.3 Å². The maximum absolute atomic E-state index is 13.9. The Morgan fingerprint density at radius 2 is 2.13 bits per heavy atom. The van der Waals surface area contributed by atoms with Crippen molar-refractivity contribution >= 4 is 50.7 Å². The zero-order valence-corrected chi connectivity index (χ0v) is 16.9. The van der Waals surface area contributed by atoms with Crippen LogP contribution in [0.5, 0.6) is 0 Å². The van der Waals surface area contributed by atoms with Gasteiger partial charge in [-0.3, -0.25) is 9.59 Å². The predicted molar refractivity (Wildman–Crippen MR) is 113 cm³/mol. The highest BCUT2D eigenvalue weighted by atomic mass is 35.5. The number of aromatic nitrogens is 2. The monoisotopic (exact) mass is 440 g/mol. The van der Waals surface area contributed by atoms with Gasteiger partial charge in [-0.2, -0.15) is 0 Å². The fourth-order valence-electron chi connectivity index (χ4n) is 3.64. The van der Waals surface area contributed by atoms with Crippen LogP contribution < -0.4 is 10.6 Å². The molecule has 150 valence electrons. The van der Waals surface area contributed by atoms with E-state index in [-0.39, 0.29) is 18.4 Å². The molecule has 0 saturated carbocycles. The Labute approximate surface area is 179 Å². The molecular weight excluding hydrogens is 427 g/mol. The van der Waals surface area contributed by atoms with E-state index in [0.29, 0.717) is 27.7 Å². The second-order valence-corrected chi connectivity index (χ2v) is 8.19. The summed E-state index contributed by atoms with van der Waals surface area (Å²) >= 11 is 7.76. The van der Waals surface area contributed by atoms with E-state index in [9.17, 15) is 14.0 Å². The molecule has 0 fully saturated rings. The Morgan fingerprint density at radius 3 is 3.00 bits per heavy atom. The van der Waals surface area contributed by atoms with Gasteiger partial charge in [-0.1, -0.05) is 29.8 Å². The molecule has 5 rings (SSSR count). The van der Waals surface area contributed by atoms with Gasteiger partial charge in [-0.05, 0) is 24.3 Å². The molecule has 2 aromatic carbocycles. The minimum absolute atomic E-state index is 0.0447. The predicted octanol–water partition coefficient (Wildman–Crippen LogP) is 4.36. The van der Waals surface area contributed by atoms with Gasteiger partial charge >= 0.3 is 0 Å². The first kappa shape index (κ1) is 18.8. The number of rotatable bonds is 3. The van der Waals surface area contributed by atoms with Gasteiger partial charge in [0, 0.05) is 26.1 Å². The molecule has 1 unspecified atom stereocenters. The normalized spacial score (nSPS) is 15.7. The zero-order chi connectivity index (χ0) is 20.8. The first-order valence-electron chi connectivity index (χ1n) is 9.08. The van der Waals surface area contributed by atoms with Gasteiger partial charge in [-0.15, -0.1) is 11.3 Å². The highest BCUT2D eigenvalue weighted by molar-refractivity contribution is 7.17. The lowest BCUT2D eigenvalue weighted by atomic mass is 10.0. The van der Waals surface area contributed by atoms with Gasteiger partial charge in [-0.25, -0.2) is 9.37 Å². The Morgan fingerprint density at radius 1 is 1.30 bits per heavy atom. The fourth-order valence-corrected chi connectivity index (χ4v) is 4.80. The maximum atomic E-state index is 13.9. The van der Waals surface area contributed by atoms with Crippen molar-refractivity contribution in [1.29, 1.82) is 0 Å². The summed E-state index contributed by atoms with van der Waals surface area (Å²) in [5.74, 6) is -0.752. The first-order valence-corrected chi connectivity index (χ1v) is 10.3. The van der Waals surface area contributed by atoms with E-state index in [2.05, 4.69) is 15.6 Å². The zero-order valence-electron chi connectivity index (χ0n) is 15.4. The first-order chi connectivity index (χ1) is 14.5. The van der Waals surface area contributed by atoms with Crippen molar-refractivity contribution in [3.05, 3.63) is 81.8 Å². The number of carbonyl (C=O) groups excluding carboxylic acids is 2. The number of hydrogen-bond donors (Lipinski definition) is 2. The van der Waals surface area contributed by atoms with E-state index in [4.69, 9.17) is 11.6 Å². The molecule has 1 aliphatic heterocycles. The summed E-state index contributed by atoms with van der Waals surface area (Å²) in [5, 5.41) is 8.61. The molecule has 9 heteroatoms. The molecule has 1 atom stereocenters. The topological polar surface area (TPSA) is 76.0 Å². The lowest BCUT2D eigenvalue weighted by molar-refractivity contribution is -0.123. The highest BCUT2D eigenvalue weighted by Crippen LogP contribution is 2.35. The number of thiophene rings is 1. The number of carbonyl (C=O) groups is 2. The van der Waals surface area contributed by atoms with Crippen LogP contribution in [0.4, 0.5) is 10.2 Å². The molecule has 4 aromatic rings. The summed E-state index contributed by atoms with van der Waals surface area (Å²) < 4.78 is 16.5. The lowest BCUT2D eigenvalue weighted by Gasteiger charge is -2.27. The molecule has 0 spiro atoms. The van der Waals surface area contributed by atoms with E-state index in [1.165, 1.54) is 35.9 Å². The molecule has 0 saturated heterocycles.